The van der Waals surface area contributed by atoms with Gasteiger partial charge in [-0.25, -0.2) is 4.79 Å². The van der Waals surface area contributed by atoms with Crippen molar-refractivity contribution in [2.45, 2.75) is 51.2 Å². The smallest absolute Gasteiger partial charge is 0.406 e. The average molecular weight is 517 g/mol. The molecule has 196 valence electrons. The van der Waals surface area contributed by atoms with Crippen LogP contribution in [0.1, 0.15) is 66.6 Å². The molecule has 1 aliphatic heterocycles. The van der Waals surface area contributed by atoms with E-state index >= 15 is 0 Å². The molecule has 1 saturated heterocycles. The van der Waals surface area contributed by atoms with Crippen LogP contribution in [0, 0.1) is 5.92 Å². The van der Waals surface area contributed by atoms with Crippen molar-refractivity contribution in [3.8, 4) is 0 Å². The first-order chi connectivity index (χ1) is 17.5. The lowest BCUT2D eigenvalue weighted by molar-refractivity contribution is 0.0594. The standard InChI is InChI=1S/C28H37ClN2O5/c1-3-6-25(17-20-11-14-35-15-12-20)31-27(32)23-9-4-7-21(18-23)26(22-8-5-10-24(29)19-22)36-16-13-30-28(33)34-2/h4-5,7-10,18-20,25-26H,3,6,11-17H2,1-2H3,(H,30,33)(H,31,32)/t25-,26?/m1/s1. The number of rotatable bonds is 12. The second-order valence-electron chi connectivity index (χ2n) is 9.10. The number of alkyl carbamates (subject to hydrolysis) is 1. The second kappa shape index (κ2) is 14.8. The van der Waals surface area contributed by atoms with Crippen LogP contribution < -0.4 is 10.6 Å². The van der Waals surface area contributed by atoms with Gasteiger partial charge in [-0.3, -0.25) is 4.79 Å². The number of nitrogens with one attached hydrogen (secondary N) is 2. The molecule has 7 nitrogen and oxygen atoms in total. The third-order valence-electron chi connectivity index (χ3n) is 6.38. The van der Waals surface area contributed by atoms with Crippen molar-refractivity contribution >= 4 is 23.6 Å². The highest BCUT2D eigenvalue weighted by molar-refractivity contribution is 6.30. The lowest BCUT2D eigenvalue weighted by Gasteiger charge is -2.27. The minimum absolute atomic E-state index is 0.0837. The van der Waals surface area contributed by atoms with Gasteiger partial charge >= 0.3 is 6.09 Å². The fourth-order valence-electron chi connectivity index (χ4n) is 4.55. The molecule has 0 spiro atoms. The topological polar surface area (TPSA) is 85.9 Å². The van der Waals surface area contributed by atoms with Crippen LogP contribution in [-0.4, -0.2) is 51.5 Å². The summed E-state index contributed by atoms with van der Waals surface area (Å²) in [6.07, 6.45) is 4.07. The maximum absolute atomic E-state index is 13.2. The molecule has 0 aromatic heterocycles. The quantitative estimate of drug-likeness (QED) is 0.363. The summed E-state index contributed by atoms with van der Waals surface area (Å²) in [5.74, 6) is 0.501. The molecule has 1 fully saturated rings. The minimum atomic E-state index is -0.515. The summed E-state index contributed by atoms with van der Waals surface area (Å²) in [4.78, 5) is 24.6. The third kappa shape index (κ3) is 8.80. The summed E-state index contributed by atoms with van der Waals surface area (Å²) in [6, 6.07) is 15.1. The Balaban J connectivity index is 1.73. The van der Waals surface area contributed by atoms with E-state index in [1.165, 1.54) is 7.11 Å². The maximum Gasteiger partial charge on any atom is 0.406 e. The molecule has 2 N–H and O–H groups in total. The van der Waals surface area contributed by atoms with Crippen molar-refractivity contribution in [1.29, 1.82) is 0 Å². The van der Waals surface area contributed by atoms with E-state index in [1.807, 2.05) is 42.5 Å². The van der Waals surface area contributed by atoms with Gasteiger partial charge < -0.3 is 24.8 Å². The molecular formula is C28H37ClN2O5. The number of benzene rings is 2. The highest BCUT2D eigenvalue weighted by Gasteiger charge is 2.22. The zero-order valence-corrected chi connectivity index (χ0v) is 21.9. The van der Waals surface area contributed by atoms with Crippen molar-refractivity contribution in [2.75, 3.05) is 33.5 Å². The molecule has 2 amide bonds. The lowest BCUT2D eigenvalue weighted by atomic mass is 9.90. The van der Waals surface area contributed by atoms with Crippen LogP contribution >= 0.6 is 11.6 Å². The Bertz CT molecular complexity index is 980. The number of hydrogen-bond donors (Lipinski definition) is 2. The Hall–Kier alpha value is -2.61. The van der Waals surface area contributed by atoms with E-state index in [4.69, 9.17) is 21.1 Å². The molecule has 36 heavy (non-hydrogen) atoms. The van der Waals surface area contributed by atoms with Crippen LogP contribution in [0.25, 0.3) is 0 Å². The van der Waals surface area contributed by atoms with Gasteiger partial charge in [0.05, 0.1) is 13.7 Å². The summed E-state index contributed by atoms with van der Waals surface area (Å²) < 4.78 is 16.2. The van der Waals surface area contributed by atoms with Crippen molar-refractivity contribution in [1.82, 2.24) is 10.6 Å². The van der Waals surface area contributed by atoms with Crippen molar-refractivity contribution in [3.05, 3.63) is 70.2 Å². The number of ether oxygens (including phenoxy) is 3. The highest BCUT2D eigenvalue weighted by Crippen LogP contribution is 2.29. The van der Waals surface area contributed by atoms with E-state index in [9.17, 15) is 9.59 Å². The molecule has 3 rings (SSSR count). The predicted octanol–water partition coefficient (Wildman–Crippen LogP) is 5.52. The summed E-state index contributed by atoms with van der Waals surface area (Å²) in [5.41, 5.74) is 2.28. The van der Waals surface area contributed by atoms with Crippen molar-refractivity contribution in [3.63, 3.8) is 0 Å². The number of halogens is 1. The Labute approximate surface area is 218 Å². The normalized spacial score (nSPS) is 15.6. The molecule has 2 aromatic carbocycles. The van der Waals surface area contributed by atoms with Gasteiger partial charge in [-0.1, -0.05) is 49.2 Å². The Kier molecular flexibility index (Phi) is 11.5. The fraction of sp³-hybridized carbons (Fsp3) is 0.500. The first kappa shape index (κ1) is 28.0. The van der Waals surface area contributed by atoms with E-state index in [-0.39, 0.29) is 25.1 Å². The summed E-state index contributed by atoms with van der Waals surface area (Å²) >= 11 is 6.25. The van der Waals surface area contributed by atoms with Gasteiger partial charge in [0.25, 0.3) is 5.91 Å². The largest absolute Gasteiger partial charge is 0.453 e. The van der Waals surface area contributed by atoms with Gasteiger partial charge in [0.15, 0.2) is 0 Å². The van der Waals surface area contributed by atoms with Crippen LogP contribution in [0.4, 0.5) is 4.79 Å². The molecule has 1 aliphatic rings. The number of carbonyl (C=O) groups is 2. The Morgan fingerprint density at radius 3 is 2.53 bits per heavy atom. The van der Waals surface area contributed by atoms with Crippen LogP contribution in [0.15, 0.2) is 48.5 Å². The van der Waals surface area contributed by atoms with Gasteiger partial charge in [-0.2, -0.15) is 0 Å². The molecule has 0 bridgehead atoms. The summed E-state index contributed by atoms with van der Waals surface area (Å²) in [7, 11) is 1.32. The fourth-order valence-corrected chi connectivity index (χ4v) is 4.75. The SMILES string of the molecule is CCC[C@H](CC1CCOCC1)NC(=O)c1cccc(C(OCCNC(=O)OC)c2cccc(Cl)c2)c1. The molecule has 1 unspecified atom stereocenters. The maximum atomic E-state index is 13.2. The summed E-state index contributed by atoms with van der Waals surface area (Å²) in [6.45, 7) is 4.30. The molecule has 8 heteroatoms. The van der Waals surface area contributed by atoms with E-state index in [1.54, 1.807) is 6.07 Å². The van der Waals surface area contributed by atoms with E-state index in [2.05, 4.69) is 22.3 Å². The lowest BCUT2D eigenvalue weighted by Crippen LogP contribution is -2.37. The number of carbonyl (C=O) groups excluding carboxylic acids is 2. The predicted molar refractivity (Wildman–Crippen MR) is 140 cm³/mol. The number of amides is 2. The number of methoxy groups -OCH3 is 1. The van der Waals surface area contributed by atoms with Crippen LogP contribution in [-0.2, 0) is 14.2 Å². The van der Waals surface area contributed by atoms with Gasteiger partial charge in [0.1, 0.15) is 6.10 Å². The second-order valence-corrected chi connectivity index (χ2v) is 9.54. The summed E-state index contributed by atoms with van der Waals surface area (Å²) in [5, 5.41) is 6.47. The van der Waals surface area contributed by atoms with Gasteiger partial charge in [-0.05, 0) is 67.0 Å². The minimum Gasteiger partial charge on any atom is -0.453 e. The molecule has 0 aliphatic carbocycles. The first-order valence-corrected chi connectivity index (χ1v) is 13.0. The zero-order chi connectivity index (χ0) is 25.8. The molecule has 1 heterocycles. The molecular weight excluding hydrogens is 480 g/mol. The molecule has 0 saturated carbocycles. The van der Waals surface area contributed by atoms with Gasteiger partial charge in [0.2, 0.25) is 0 Å². The van der Waals surface area contributed by atoms with Crippen molar-refractivity contribution in [2.24, 2.45) is 5.92 Å². The third-order valence-corrected chi connectivity index (χ3v) is 6.61. The van der Waals surface area contributed by atoms with Gasteiger partial charge in [-0.15, -0.1) is 0 Å². The number of hydrogen-bond acceptors (Lipinski definition) is 5. The van der Waals surface area contributed by atoms with Gasteiger partial charge in [0, 0.05) is 36.4 Å². The molecule has 2 aromatic rings. The van der Waals surface area contributed by atoms with E-state index < -0.39 is 12.2 Å². The van der Waals surface area contributed by atoms with Crippen LogP contribution in [0.5, 0.6) is 0 Å². The zero-order valence-electron chi connectivity index (χ0n) is 21.1. The van der Waals surface area contributed by atoms with E-state index in [0.29, 0.717) is 16.5 Å². The van der Waals surface area contributed by atoms with Crippen LogP contribution in [0.2, 0.25) is 5.02 Å². The average Bonchev–Trinajstić information content (AvgIpc) is 2.89. The Morgan fingerprint density at radius 1 is 1.11 bits per heavy atom. The Morgan fingerprint density at radius 2 is 1.83 bits per heavy atom. The highest BCUT2D eigenvalue weighted by atomic mass is 35.5. The monoisotopic (exact) mass is 516 g/mol. The van der Waals surface area contributed by atoms with E-state index in [0.717, 1.165) is 56.4 Å². The molecule has 2 atom stereocenters. The van der Waals surface area contributed by atoms with Crippen LogP contribution in [0.3, 0.4) is 0 Å². The van der Waals surface area contributed by atoms with Crippen molar-refractivity contribution < 1.29 is 23.8 Å². The first-order valence-electron chi connectivity index (χ1n) is 12.7. The molecule has 0 radical (unpaired) electrons.